The van der Waals surface area contributed by atoms with Crippen molar-refractivity contribution in [3.63, 3.8) is 0 Å². The second kappa shape index (κ2) is 12.8. The van der Waals surface area contributed by atoms with Crippen LogP contribution in [0.1, 0.15) is 29.9 Å². The van der Waals surface area contributed by atoms with Gasteiger partial charge in [0.25, 0.3) is 0 Å². The maximum atomic E-state index is 15.4. The Morgan fingerprint density at radius 3 is 2.25 bits per heavy atom. The van der Waals surface area contributed by atoms with E-state index in [9.17, 15) is 19.5 Å². The zero-order valence-corrected chi connectivity index (χ0v) is 31.0. The van der Waals surface area contributed by atoms with Crippen LogP contribution in [0.3, 0.4) is 0 Å². The Morgan fingerprint density at radius 2 is 1.50 bits per heavy atom. The van der Waals surface area contributed by atoms with Gasteiger partial charge in [0.15, 0.2) is 5.58 Å². The number of hydrogen-bond donors (Lipinski definition) is 1. The number of anilines is 2. The third kappa shape index (κ3) is 4.90. The molecule has 276 valence electrons. The Kier molecular flexibility index (Phi) is 7.85. The smallest absolute Gasteiger partial charge is 0.246 e. The Bertz CT molecular complexity index is 2640. The number of amides is 4. The van der Waals surface area contributed by atoms with Crippen molar-refractivity contribution in [2.75, 3.05) is 9.80 Å². The van der Waals surface area contributed by atoms with E-state index in [1.54, 1.807) is 54.6 Å². The SMILES string of the molecule is O=C1[C@H]2[C@H](CC=C3[C@H]2C[C@H]2C(=O)N(c4cccc(Cl)c4)C(=O)[C@@]2(c2ccccc2)[C@H]3c2ccc(O)cc2Cl)C(=O)N1c1ccc(-c2nc3ccccc3o2)cc1. The van der Waals surface area contributed by atoms with Gasteiger partial charge in [-0.05, 0) is 96.6 Å². The highest BCUT2D eigenvalue weighted by molar-refractivity contribution is 6.33. The molecule has 10 rings (SSSR count). The molecule has 1 aromatic heterocycles. The maximum absolute atomic E-state index is 15.4. The molecule has 56 heavy (non-hydrogen) atoms. The Balaban J connectivity index is 1.10. The fraction of sp³-hybridized carbons (Fsp3) is 0.178. The first kappa shape index (κ1) is 34.5. The summed E-state index contributed by atoms with van der Waals surface area (Å²) < 4.78 is 5.94. The van der Waals surface area contributed by atoms with Gasteiger partial charge >= 0.3 is 0 Å². The molecule has 2 aliphatic carbocycles. The van der Waals surface area contributed by atoms with Crippen LogP contribution in [-0.2, 0) is 24.6 Å². The number of benzene rings is 5. The van der Waals surface area contributed by atoms with Crippen LogP contribution in [0, 0.1) is 23.7 Å². The largest absolute Gasteiger partial charge is 0.508 e. The van der Waals surface area contributed by atoms with Crippen LogP contribution in [0.25, 0.3) is 22.6 Å². The fourth-order valence-electron chi connectivity index (χ4n) is 9.84. The van der Waals surface area contributed by atoms with Crippen LogP contribution < -0.4 is 9.80 Å². The van der Waals surface area contributed by atoms with Crippen LogP contribution in [0.5, 0.6) is 5.75 Å². The van der Waals surface area contributed by atoms with Gasteiger partial charge in [0, 0.05) is 21.5 Å². The summed E-state index contributed by atoms with van der Waals surface area (Å²) in [6, 6.07) is 34.9. The lowest BCUT2D eigenvalue weighted by Gasteiger charge is -2.51. The standard InChI is InChI=1S/C45H31Cl2N3O6/c46-26-9-6-10-28(21-26)50-42(53)34-23-33-30(39(31-18-17-29(51)22-35(31)47)45(34,44(50)55)25-7-2-1-3-8-25)19-20-32-38(33)43(54)49(41(32)52)27-15-13-24(14-16-27)40-48-36-11-4-5-12-37(36)56-40/h1-19,21-22,32-34,38-39,51H,20,23H2/t32-,33+,34-,38-,39+,45+/m0/s1. The summed E-state index contributed by atoms with van der Waals surface area (Å²) in [6.07, 6.45) is 2.37. The van der Waals surface area contributed by atoms with Gasteiger partial charge in [0.2, 0.25) is 29.5 Å². The minimum absolute atomic E-state index is 0.0576. The highest BCUT2D eigenvalue weighted by atomic mass is 35.5. The molecule has 2 aliphatic heterocycles. The Morgan fingerprint density at radius 1 is 0.732 bits per heavy atom. The quantitative estimate of drug-likeness (QED) is 0.137. The molecule has 4 amide bonds. The van der Waals surface area contributed by atoms with E-state index in [-0.39, 0.29) is 35.4 Å². The summed E-state index contributed by atoms with van der Waals surface area (Å²) in [4.78, 5) is 66.4. The number of imide groups is 2. The van der Waals surface area contributed by atoms with E-state index < -0.39 is 46.8 Å². The molecule has 1 saturated carbocycles. The summed E-state index contributed by atoms with van der Waals surface area (Å²) in [7, 11) is 0. The minimum Gasteiger partial charge on any atom is -0.508 e. The first-order chi connectivity index (χ1) is 27.2. The lowest BCUT2D eigenvalue weighted by Crippen LogP contribution is -2.53. The number of rotatable bonds is 5. The molecule has 0 radical (unpaired) electrons. The summed E-state index contributed by atoms with van der Waals surface area (Å²) in [6.45, 7) is 0. The Hall–Kier alpha value is -6.03. The predicted molar refractivity (Wildman–Crippen MR) is 211 cm³/mol. The lowest BCUT2D eigenvalue weighted by molar-refractivity contribution is -0.127. The molecule has 2 saturated heterocycles. The average molecular weight is 781 g/mol. The number of nitrogens with zero attached hydrogens (tertiary/aromatic N) is 3. The lowest BCUT2D eigenvalue weighted by atomic mass is 9.49. The summed E-state index contributed by atoms with van der Waals surface area (Å²) in [5.74, 6) is -5.01. The van der Waals surface area contributed by atoms with Crippen LogP contribution >= 0.6 is 23.2 Å². The summed E-state index contributed by atoms with van der Waals surface area (Å²) in [5.41, 5.74) is 3.25. The molecule has 6 aromatic rings. The maximum Gasteiger partial charge on any atom is 0.246 e. The fourth-order valence-corrected chi connectivity index (χ4v) is 10.3. The second-order valence-electron chi connectivity index (χ2n) is 14.8. The van der Waals surface area contributed by atoms with E-state index >= 15 is 4.79 Å². The predicted octanol–water partition coefficient (Wildman–Crippen LogP) is 8.87. The van der Waals surface area contributed by atoms with Crippen molar-refractivity contribution in [1.29, 1.82) is 0 Å². The van der Waals surface area contributed by atoms with E-state index in [0.29, 0.717) is 44.6 Å². The number of para-hydroxylation sites is 2. The molecule has 6 atom stereocenters. The van der Waals surface area contributed by atoms with Crippen LogP contribution in [0.2, 0.25) is 10.0 Å². The molecule has 3 fully saturated rings. The number of hydrogen-bond acceptors (Lipinski definition) is 7. The number of aromatic hydroxyl groups is 1. The van der Waals surface area contributed by atoms with E-state index in [0.717, 1.165) is 11.1 Å². The van der Waals surface area contributed by atoms with Gasteiger partial charge in [0.1, 0.15) is 11.3 Å². The molecule has 5 aromatic carbocycles. The zero-order valence-electron chi connectivity index (χ0n) is 29.5. The van der Waals surface area contributed by atoms with Crippen molar-refractivity contribution in [3.05, 3.63) is 154 Å². The third-order valence-corrected chi connectivity index (χ3v) is 12.7. The highest BCUT2D eigenvalue weighted by Crippen LogP contribution is 2.65. The number of aromatic nitrogens is 1. The number of phenols is 1. The zero-order chi connectivity index (χ0) is 38.5. The number of halogens is 2. The number of carbonyl (C=O) groups excluding carboxylic acids is 4. The topological polar surface area (TPSA) is 121 Å². The number of fused-ring (bicyclic) bond motifs is 5. The van der Waals surface area contributed by atoms with Gasteiger partial charge < -0.3 is 9.52 Å². The number of carbonyl (C=O) groups is 4. The van der Waals surface area contributed by atoms with Crippen LogP contribution in [0.15, 0.2) is 137 Å². The van der Waals surface area contributed by atoms with Crippen molar-refractivity contribution in [3.8, 4) is 17.2 Å². The molecule has 3 heterocycles. The number of oxazole rings is 1. The molecule has 9 nitrogen and oxygen atoms in total. The Labute approximate surface area is 330 Å². The highest BCUT2D eigenvalue weighted by Gasteiger charge is 2.70. The minimum atomic E-state index is -1.48. The van der Waals surface area contributed by atoms with Gasteiger partial charge in [-0.2, -0.15) is 0 Å². The van der Waals surface area contributed by atoms with Crippen LogP contribution in [0.4, 0.5) is 11.4 Å². The van der Waals surface area contributed by atoms with Crippen molar-refractivity contribution < 1.29 is 28.7 Å². The van der Waals surface area contributed by atoms with Gasteiger partial charge in [-0.25, -0.2) is 9.88 Å². The summed E-state index contributed by atoms with van der Waals surface area (Å²) >= 11 is 13.4. The average Bonchev–Trinajstić information content (AvgIpc) is 3.82. The van der Waals surface area contributed by atoms with Crippen molar-refractivity contribution in [1.82, 2.24) is 4.98 Å². The van der Waals surface area contributed by atoms with Gasteiger partial charge in [-0.15, -0.1) is 0 Å². The van der Waals surface area contributed by atoms with E-state index in [2.05, 4.69) is 4.98 Å². The number of allylic oxidation sites excluding steroid dienone is 2. The van der Waals surface area contributed by atoms with E-state index in [4.69, 9.17) is 27.6 Å². The van der Waals surface area contributed by atoms with Crippen molar-refractivity contribution in [2.24, 2.45) is 23.7 Å². The summed E-state index contributed by atoms with van der Waals surface area (Å²) in [5, 5.41) is 11.0. The normalized spacial score (nSPS) is 25.7. The van der Waals surface area contributed by atoms with Crippen molar-refractivity contribution in [2.45, 2.75) is 24.2 Å². The molecule has 0 unspecified atom stereocenters. The molecule has 0 bridgehead atoms. The monoisotopic (exact) mass is 779 g/mol. The molecular formula is C45H31Cl2N3O6. The molecular weight excluding hydrogens is 749 g/mol. The van der Waals surface area contributed by atoms with Crippen molar-refractivity contribution >= 4 is 69.3 Å². The van der Waals surface area contributed by atoms with E-state index in [1.165, 1.54) is 21.9 Å². The van der Waals surface area contributed by atoms with E-state index in [1.807, 2.05) is 60.7 Å². The first-order valence-electron chi connectivity index (χ1n) is 18.4. The third-order valence-electron chi connectivity index (χ3n) is 12.1. The first-order valence-corrected chi connectivity index (χ1v) is 19.1. The second-order valence-corrected chi connectivity index (χ2v) is 15.7. The number of phenolic OH excluding ortho intramolecular Hbond substituents is 1. The molecule has 0 spiro atoms. The van der Waals surface area contributed by atoms with Crippen LogP contribution in [-0.4, -0.2) is 33.7 Å². The van der Waals surface area contributed by atoms with Gasteiger partial charge in [-0.1, -0.05) is 89.4 Å². The molecule has 4 aliphatic rings. The van der Waals surface area contributed by atoms with Gasteiger partial charge in [-0.3, -0.25) is 24.1 Å². The van der Waals surface area contributed by atoms with Gasteiger partial charge in [0.05, 0.1) is 34.5 Å². The molecule has 11 heteroatoms. The molecule has 1 N–H and O–H groups in total.